The van der Waals surface area contributed by atoms with E-state index in [1.807, 2.05) is 0 Å². The van der Waals surface area contributed by atoms with Crippen molar-refractivity contribution in [3.63, 3.8) is 0 Å². The zero-order chi connectivity index (χ0) is 20.5. The molecule has 0 aliphatic carbocycles. The first-order valence-corrected chi connectivity index (χ1v) is 13.0. The minimum absolute atomic E-state index is 0.364. The van der Waals surface area contributed by atoms with Gasteiger partial charge in [-0.25, -0.2) is 0 Å². The molecule has 1 rings (SSSR count). The molecule has 162 valence electrons. The summed E-state index contributed by atoms with van der Waals surface area (Å²) in [5, 5.41) is 0. The van der Waals surface area contributed by atoms with Gasteiger partial charge in [-0.15, -0.1) is 9.24 Å². The third-order valence-electron chi connectivity index (χ3n) is 6.43. The minimum Gasteiger partial charge on any atom is -0.129 e. The van der Waals surface area contributed by atoms with E-state index < -0.39 is 0 Å². The van der Waals surface area contributed by atoms with Gasteiger partial charge in [0.25, 0.3) is 0 Å². The molecule has 0 aliphatic rings. The predicted octanol–water partition coefficient (Wildman–Crippen LogP) is 9.89. The van der Waals surface area contributed by atoms with Gasteiger partial charge in [-0.05, 0) is 17.4 Å². The Kier molecular flexibility index (Phi) is 15.1. The Bertz CT molecular complexity index is 451. The number of hydrogen-bond donors (Lipinski definition) is 0. The minimum atomic E-state index is 0.364. The van der Waals surface area contributed by atoms with Crippen molar-refractivity contribution in [3.8, 4) is 0 Å². The average Bonchev–Trinajstić information content (AvgIpc) is 2.71. The molecule has 28 heavy (non-hydrogen) atoms. The molecule has 0 saturated heterocycles. The summed E-state index contributed by atoms with van der Waals surface area (Å²) < 4.78 is 0. The van der Waals surface area contributed by atoms with Crippen molar-refractivity contribution in [1.29, 1.82) is 0 Å². The van der Waals surface area contributed by atoms with Gasteiger partial charge in [-0.3, -0.25) is 0 Å². The molecule has 2 atom stereocenters. The molecule has 0 bridgehead atoms. The third kappa shape index (κ3) is 12.3. The molecule has 0 radical (unpaired) electrons. The molecule has 2 unspecified atom stereocenters. The van der Waals surface area contributed by atoms with Crippen LogP contribution in [-0.4, -0.2) is 0 Å². The van der Waals surface area contributed by atoms with E-state index in [0.29, 0.717) is 11.1 Å². The lowest BCUT2D eigenvalue weighted by atomic mass is 9.80. The van der Waals surface area contributed by atoms with Crippen molar-refractivity contribution in [3.05, 3.63) is 35.9 Å². The quantitative estimate of drug-likeness (QED) is 0.169. The first kappa shape index (κ1) is 25.7. The zero-order valence-corrected chi connectivity index (χ0v) is 20.5. The van der Waals surface area contributed by atoms with Crippen molar-refractivity contribution in [1.82, 2.24) is 0 Å². The van der Waals surface area contributed by atoms with Crippen LogP contribution < -0.4 is 0 Å². The molecule has 0 saturated carbocycles. The second kappa shape index (κ2) is 16.4. The van der Waals surface area contributed by atoms with Gasteiger partial charge >= 0.3 is 0 Å². The van der Waals surface area contributed by atoms with Crippen LogP contribution in [0.1, 0.15) is 135 Å². The Balaban J connectivity index is 1.92. The summed E-state index contributed by atoms with van der Waals surface area (Å²) in [6.07, 6.45) is 23.0. The van der Waals surface area contributed by atoms with Gasteiger partial charge in [0.15, 0.2) is 0 Å². The highest BCUT2D eigenvalue weighted by Crippen LogP contribution is 2.44. The Morgan fingerprint density at radius 2 is 1.04 bits per heavy atom. The lowest BCUT2D eigenvalue weighted by Crippen LogP contribution is -2.17. The smallest absolute Gasteiger partial charge is 0.00364 e. The summed E-state index contributed by atoms with van der Waals surface area (Å²) in [6.45, 7) is 7.16. The molecule has 0 aromatic heterocycles. The Hall–Kier alpha value is -0.350. The molecule has 1 aromatic rings. The summed E-state index contributed by atoms with van der Waals surface area (Å²) in [6, 6.07) is 11.0. The maximum absolute atomic E-state index is 3.09. The molecule has 1 aromatic carbocycles. The fourth-order valence-electron chi connectivity index (χ4n) is 4.22. The second-order valence-electron chi connectivity index (χ2n) is 9.58. The van der Waals surface area contributed by atoms with Crippen LogP contribution in [0.15, 0.2) is 30.3 Å². The zero-order valence-electron chi connectivity index (χ0n) is 19.4. The van der Waals surface area contributed by atoms with Gasteiger partial charge in [0, 0.05) is 5.66 Å². The van der Waals surface area contributed by atoms with E-state index >= 15 is 0 Å². The molecular weight excluding hydrogens is 355 g/mol. The maximum atomic E-state index is 3.09. The van der Waals surface area contributed by atoms with Crippen molar-refractivity contribution in [2.75, 3.05) is 0 Å². The van der Waals surface area contributed by atoms with Gasteiger partial charge in [0.1, 0.15) is 0 Å². The number of unbranched alkanes of at least 4 members (excludes halogenated alkanes) is 14. The monoisotopic (exact) mass is 404 g/mol. The van der Waals surface area contributed by atoms with Gasteiger partial charge in [-0.2, -0.15) is 0 Å². The van der Waals surface area contributed by atoms with E-state index in [9.17, 15) is 0 Å². The molecule has 0 spiro atoms. The van der Waals surface area contributed by atoms with Crippen LogP contribution in [0.5, 0.6) is 0 Å². The molecule has 0 N–H and O–H groups in total. The van der Waals surface area contributed by atoms with Crippen LogP contribution >= 0.6 is 9.24 Å². The Morgan fingerprint density at radius 1 is 0.643 bits per heavy atom. The normalized spacial score (nSPS) is 13.0. The molecule has 0 heterocycles. The SMILES string of the molecule is CCCCCCCCCCCCCCCCCC(C)(C)C(P)c1ccccc1. The number of rotatable bonds is 18. The fraction of sp³-hybridized carbons (Fsp3) is 0.778. The standard InChI is InChI=1S/C27H49P/c1-4-5-6-7-8-9-10-11-12-13-14-15-16-17-21-24-27(2,3)26(28)25-22-19-18-20-23-25/h18-20,22-23,26H,4-17,21,24,28H2,1-3H3. The summed E-state index contributed by atoms with van der Waals surface area (Å²) >= 11 is 0. The van der Waals surface area contributed by atoms with E-state index in [0.717, 1.165) is 0 Å². The summed E-state index contributed by atoms with van der Waals surface area (Å²) in [5.74, 6) is 0. The van der Waals surface area contributed by atoms with E-state index in [4.69, 9.17) is 0 Å². The van der Waals surface area contributed by atoms with Crippen molar-refractivity contribution >= 4 is 9.24 Å². The highest BCUT2D eigenvalue weighted by Gasteiger charge is 2.26. The average molecular weight is 405 g/mol. The Labute approximate surface area is 179 Å². The summed E-state index contributed by atoms with van der Waals surface area (Å²) in [7, 11) is 3.09. The molecule has 1 heteroatoms. The van der Waals surface area contributed by atoms with E-state index in [1.165, 1.54) is 108 Å². The lowest BCUT2D eigenvalue weighted by Gasteiger charge is -2.32. The van der Waals surface area contributed by atoms with Crippen molar-refractivity contribution in [2.24, 2.45) is 5.41 Å². The molecular formula is C27H49P. The third-order valence-corrected chi connectivity index (χ3v) is 7.71. The Morgan fingerprint density at radius 3 is 1.46 bits per heavy atom. The van der Waals surface area contributed by atoms with Crippen molar-refractivity contribution in [2.45, 2.75) is 129 Å². The van der Waals surface area contributed by atoms with Crippen LogP contribution in [0.2, 0.25) is 0 Å². The van der Waals surface area contributed by atoms with Gasteiger partial charge in [0.05, 0.1) is 0 Å². The molecule has 0 aliphatic heterocycles. The summed E-state index contributed by atoms with van der Waals surface area (Å²) in [5.41, 5.74) is 2.38. The van der Waals surface area contributed by atoms with Crippen LogP contribution in [0, 0.1) is 5.41 Å². The van der Waals surface area contributed by atoms with Crippen molar-refractivity contribution < 1.29 is 0 Å². The fourth-order valence-corrected chi connectivity index (χ4v) is 4.61. The topological polar surface area (TPSA) is 0 Å². The first-order valence-electron chi connectivity index (χ1n) is 12.4. The largest absolute Gasteiger partial charge is 0.129 e. The number of hydrogen-bond acceptors (Lipinski definition) is 0. The van der Waals surface area contributed by atoms with E-state index in [-0.39, 0.29) is 0 Å². The highest BCUT2D eigenvalue weighted by molar-refractivity contribution is 7.17. The van der Waals surface area contributed by atoms with Crippen LogP contribution in [-0.2, 0) is 0 Å². The maximum Gasteiger partial charge on any atom is 0.00364 e. The summed E-state index contributed by atoms with van der Waals surface area (Å²) in [4.78, 5) is 0. The van der Waals surface area contributed by atoms with E-state index in [2.05, 4.69) is 60.3 Å². The predicted molar refractivity (Wildman–Crippen MR) is 132 cm³/mol. The highest BCUT2D eigenvalue weighted by atomic mass is 31.0. The van der Waals surface area contributed by atoms with Crippen LogP contribution in [0.3, 0.4) is 0 Å². The van der Waals surface area contributed by atoms with Gasteiger partial charge < -0.3 is 0 Å². The molecule has 0 nitrogen and oxygen atoms in total. The second-order valence-corrected chi connectivity index (χ2v) is 10.2. The van der Waals surface area contributed by atoms with Gasteiger partial charge in [-0.1, -0.05) is 147 Å². The lowest BCUT2D eigenvalue weighted by molar-refractivity contribution is 0.309. The van der Waals surface area contributed by atoms with Crippen LogP contribution in [0.25, 0.3) is 0 Å². The molecule has 0 fully saturated rings. The van der Waals surface area contributed by atoms with Crippen LogP contribution in [0.4, 0.5) is 0 Å². The number of benzene rings is 1. The molecule has 0 amide bonds. The first-order chi connectivity index (χ1) is 13.6. The van der Waals surface area contributed by atoms with E-state index in [1.54, 1.807) is 0 Å². The van der Waals surface area contributed by atoms with Gasteiger partial charge in [0.2, 0.25) is 0 Å².